The molecule has 9 heteroatoms. The molecule has 1 aromatic carbocycles. The summed E-state index contributed by atoms with van der Waals surface area (Å²) in [5.74, 6) is 0.701. The van der Waals surface area contributed by atoms with Crippen LogP contribution in [0.5, 0.6) is 0 Å². The molecule has 0 N–H and O–H groups in total. The minimum Gasteiger partial charge on any atom is -0.378 e. The Morgan fingerprint density at radius 2 is 1.88 bits per heavy atom. The van der Waals surface area contributed by atoms with Gasteiger partial charge in [-0.05, 0) is 38.0 Å². The number of morpholine rings is 1. The maximum Gasteiger partial charge on any atom is 0.257 e. The highest BCUT2D eigenvalue weighted by Gasteiger charge is 2.29. The van der Waals surface area contributed by atoms with Crippen LogP contribution in [-0.2, 0) is 11.8 Å². The number of amides is 2. The standard InChI is InChI=1S/C24H28N6O3/c1-16-19(24(32)29-8-10-33-11-9-29)13-25-22(27-16)18-4-3-7-30(14-18)23(31)17-5-6-21-20(12-17)26-15-28(21)2/h5-6,12-13,15,18H,3-4,7-11,14H2,1-2H3/t18-/m0/s1. The van der Waals surface area contributed by atoms with E-state index in [0.717, 1.165) is 23.9 Å². The predicted octanol–water partition coefficient (Wildman–Crippen LogP) is 2.16. The van der Waals surface area contributed by atoms with Gasteiger partial charge in [0.2, 0.25) is 0 Å². The maximum atomic E-state index is 13.2. The molecule has 33 heavy (non-hydrogen) atoms. The lowest BCUT2D eigenvalue weighted by Crippen LogP contribution is -2.41. The minimum atomic E-state index is -0.0484. The summed E-state index contributed by atoms with van der Waals surface area (Å²) in [5, 5.41) is 0. The fourth-order valence-electron chi connectivity index (χ4n) is 4.65. The second kappa shape index (κ2) is 8.90. The van der Waals surface area contributed by atoms with Crippen molar-refractivity contribution in [2.45, 2.75) is 25.7 Å². The summed E-state index contributed by atoms with van der Waals surface area (Å²) < 4.78 is 7.27. The van der Waals surface area contributed by atoms with Gasteiger partial charge in [0.05, 0.1) is 41.8 Å². The number of piperidine rings is 1. The third-order valence-electron chi connectivity index (χ3n) is 6.57. The maximum absolute atomic E-state index is 13.2. The molecule has 0 radical (unpaired) electrons. The Kier molecular flexibility index (Phi) is 5.80. The van der Waals surface area contributed by atoms with Gasteiger partial charge in [-0.1, -0.05) is 0 Å². The number of rotatable bonds is 3. The first-order valence-electron chi connectivity index (χ1n) is 11.4. The van der Waals surface area contributed by atoms with Crippen molar-refractivity contribution in [3.8, 4) is 0 Å². The Hall–Kier alpha value is -3.33. The molecule has 0 spiro atoms. The molecule has 9 nitrogen and oxygen atoms in total. The van der Waals surface area contributed by atoms with Crippen molar-refractivity contribution in [1.82, 2.24) is 29.3 Å². The van der Waals surface area contributed by atoms with Crippen LogP contribution in [0.3, 0.4) is 0 Å². The highest BCUT2D eigenvalue weighted by Crippen LogP contribution is 2.27. The van der Waals surface area contributed by atoms with Crippen LogP contribution in [0.25, 0.3) is 11.0 Å². The van der Waals surface area contributed by atoms with Crippen LogP contribution >= 0.6 is 0 Å². The number of aromatic nitrogens is 4. The SMILES string of the molecule is Cc1nc([C@H]2CCCN(C(=O)c3ccc4c(c3)ncn4C)C2)ncc1C(=O)N1CCOCC1. The molecule has 4 heterocycles. The molecule has 2 aromatic heterocycles. The van der Waals surface area contributed by atoms with Crippen LogP contribution in [0.4, 0.5) is 0 Å². The van der Waals surface area contributed by atoms with E-state index in [9.17, 15) is 9.59 Å². The molecule has 0 bridgehead atoms. The van der Waals surface area contributed by atoms with Gasteiger partial charge in [-0.25, -0.2) is 15.0 Å². The molecule has 0 unspecified atom stereocenters. The minimum absolute atomic E-state index is 0.00286. The van der Waals surface area contributed by atoms with Gasteiger partial charge in [0.15, 0.2) is 0 Å². The average molecular weight is 449 g/mol. The zero-order valence-corrected chi connectivity index (χ0v) is 19.0. The van der Waals surface area contributed by atoms with E-state index in [1.807, 2.05) is 41.6 Å². The highest BCUT2D eigenvalue weighted by molar-refractivity contribution is 5.97. The zero-order chi connectivity index (χ0) is 22.9. The van der Waals surface area contributed by atoms with Gasteiger partial charge < -0.3 is 19.1 Å². The number of nitrogens with zero attached hydrogens (tertiary/aromatic N) is 6. The second-order valence-electron chi connectivity index (χ2n) is 8.78. The van der Waals surface area contributed by atoms with Crippen LogP contribution in [0.15, 0.2) is 30.7 Å². The Morgan fingerprint density at radius 1 is 1.06 bits per heavy atom. The van der Waals surface area contributed by atoms with Gasteiger partial charge in [-0.3, -0.25) is 9.59 Å². The van der Waals surface area contributed by atoms with Crippen molar-refractivity contribution in [2.75, 3.05) is 39.4 Å². The Balaban J connectivity index is 1.31. The largest absolute Gasteiger partial charge is 0.378 e. The third kappa shape index (κ3) is 4.20. The number of carbonyl (C=O) groups excluding carboxylic acids is 2. The molecule has 2 aliphatic heterocycles. The quantitative estimate of drug-likeness (QED) is 0.610. The number of imidazole rings is 1. The molecular formula is C24H28N6O3. The first kappa shape index (κ1) is 21.5. The first-order valence-corrected chi connectivity index (χ1v) is 11.4. The summed E-state index contributed by atoms with van der Waals surface area (Å²) in [6.07, 6.45) is 5.20. The smallest absolute Gasteiger partial charge is 0.257 e. The second-order valence-corrected chi connectivity index (χ2v) is 8.78. The monoisotopic (exact) mass is 448 g/mol. The van der Waals surface area contributed by atoms with Crippen LogP contribution < -0.4 is 0 Å². The lowest BCUT2D eigenvalue weighted by molar-refractivity contribution is 0.0301. The molecule has 5 rings (SSSR count). The van der Waals surface area contributed by atoms with E-state index >= 15 is 0 Å². The zero-order valence-electron chi connectivity index (χ0n) is 19.0. The number of ether oxygens (including phenoxy) is 1. The molecule has 2 aliphatic rings. The van der Waals surface area contributed by atoms with E-state index in [0.29, 0.717) is 62.0 Å². The molecular weight excluding hydrogens is 420 g/mol. The molecule has 2 saturated heterocycles. The number of hydrogen-bond acceptors (Lipinski definition) is 6. The molecule has 3 aromatic rings. The number of fused-ring (bicyclic) bond motifs is 1. The summed E-state index contributed by atoms with van der Waals surface area (Å²) in [5.41, 5.74) is 3.68. The van der Waals surface area contributed by atoms with E-state index in [4.69, 9.17) is 4.74 Å². The fourth-order valence-corrected chi connectivity index (χ4v) is 4.65. The van der Waals surface area contributed by atoms with Crippen molar-refractivity contribution in [3.05, 3.63) is 53.4 Å². The number of benzene rings is 1. The molecule has 2 fully saturated rings. The third-order valence-corrected chi connectivity index (χ3v) is 6.57. The van der Waals surface area contributed by atoms with Gasteiger partial charge in [-0.2, -0.15) is 0 Å². The summed E-state index contributed by atoms with van der Waals surface area (Å²) in [7, 11) is 1.94. The summed E-state index contributed by atoms with van der Waals surface area (Å²) in [6, 6.07) is 5.66. The van der Waals surface area contributed by atoms with Crippen molar-refractivity contribution < 1.29 is 14.3 Å². The molecule has 0 aliphatic carbocycles. The Bertz CT molecular complexity index is 1200. The Labute approximate surface area is 192 Å². The molecule has 172 valence electrons. The fraction of sp³-hybridized carbons (Fsp3) is 0.458. The normalized spacial score (nSPS) is 19.2. The number of likely N-dealkylation sites (tertiary alicyclic amines) is 1. The number of carbonyl (C=O) groups is 2. The van der Waals surface area contributed by atoms with Crippen molar-refractivity contribution in [3.63, 3.8) is 0 Å². The Morgan fingerprint density at radius 3 is 2.67 bits per heavy atom. The summed E-state index contributed by atoms with van der Waals surface area (Å²) >= 11 is 0. The number of hydrogen-bond donors (Lipinski definition) is 0. The van der Waals surface area contributed by atoms with Crippen LogP contribution in [0.1, 0.15) is 51.0 Å². The first-order chi connectivity index (χ1) is 16.0. The van der Waals surface area contributed by atoms with E-state index in [1.54, 1.807) is 17.4 Å². The van der Waals surface area contributed by atoms with Crippen molar-refractivity contribution in [1.29, 1.82) is 0 Å². The van der Waals surface area contributed by atoms with Crippen molar-refractivity contribution in [2.24, 2.45) is 7.05 Å². The lowest BCUT2D eigenvalue weighted by Gasteiger charge is -2.32. The topological polar surface area (TPSA) is 93.5 Å². The van der Waals surface area contributed by atoms with Gasteiger partial charge in [-0.15, -0.1) is 0 Å². The van der Waals surface area contributed by atoms with E-state index in [-0.39, 0.29) is 17.7 Å². The van der Waals surface area contributed by atoms with E-state index in [1.165, 1.54) is 0 Å². The highest BCUT2D eigenvalue weighted by atomic mass is 16.5. The predicted molar refractivity (Wildman–Crippen MR) is 122 cm³/mol. The number of aryl methyl sites for hydroxylation is 2. The molecule has 2 amide bonds. The van der Waals surface area contributed by atoms with E-state index in [2.05, 4.69) is 15.0 Å². The van der Waals surface area contributed by atoms with Crippen LogP contribution in [-0.4, -0.2) is 80.5 Å². The van der Waals surface area contributed by atoms with Crippen LogP contribution in [0, 0.1) is 6.92 Å². The average Bonchev–Trinajstić information content (AvgIpc) is 3.23. The van der Waals surface area contributed by atoms with Gasteiger partial charge in [0.25, 0.3) is 11.8 Å². The summed E-state index contributed by atoms with van der Waals surface area (Å²) in [4.78, 5) is 43.3. The van der Waals surface area contributed by atoms with Gasteiger partial charge in [0.1, 0.15) is 5.82 Å². The van der Waals surface area contributed by atoms with E-state index < -0.39 is 0 Å². The summed E-state index contributed by atoms with van der Waals surface area (Å²) in [6.45, 7) is 5.42. The van der Waals surface area contributed by atoms with Crippen LogP contribution in [0.2, 0.25) is 0 Å². The van der Waals surface area contributed by atoms with Gasteiger partial charge in [0, 0.05) is 50.9 Å². The molecule has 1 atom stereocenters. The van der Waals surface area contributed by atoms with Gasteiger partial charge >= 0.3 is 0 Å². The van der Waals surface area contributed by atoms with Crippen molar-refractivity contribution >= 4 is 22.8 Å². The molecule has 0 saturated carbocycles. The lowest BCUT2D eigenvalue weighted by atomic mass is 9.96.